The number of hydrogen-bond donors (Lipinski definition) is 1. The van der Waals surface area contributed by atoms with E-state index < -0.39 is 45.2 Å². The summed E-state index contributed by atoms with van der Waals surface area (Å²) in [5.41, 5.74) is 0.113. The first-order valence-corrected chi connectivity index (χ1v) is 13.6. The number of alkyl carbamates (subject to hydrolysis) is 1. The number of hydrogen-bond acceptors (Lipinski definition) is 7. The van der Waals surface area contributed by atoms with Crippen molar-refractivity contribution in [1.82, 2.24) is 9.62 Å². The molecule has 0 radical (unpaired) electrons. The van der Waals surface area contributed by atoms with Crippen LogP contribution in [0.25, 0.3) is 4.91 Å². The van der Waals surface area contributed by atoms with E-state index in [1.54, 1.807) is 65.8 Å². The third-order valence-electron chi connectivity index (χ3n) is 5.46. The topological polar surface area (TPSA) is 119 Å². The lowest BCUT2D eigenvalue weighted by Crippen LogP contribution is -2.45. The van der Waals surface area contributed by atoms with Crippen LogP contribution in [0.1, 0.15) is 58.2 Å². The summed E-state index contributed by atoms with van der Waals surface area (Å²) in [6.45, 7) is 10.1. The highest BCUT2D eigenvalue weighted by molar-refractivity contribution is 7.99. The van der Waals surface area contributed by atoms with Gasteiger partial charge in [-0.25, -0.2) is 22.3 Å². The number of amides is 2. The van der Waals surface area contributed by atoms with Gasteiger partial charge in [0.1, 0.15) is 23.2 Å². The molecule has 204 valence electrons. The largest absolute Gasteiger partial charge is 0.459 e. The predicted molar refractivity (Wildman–Crippen MR) is 143 cm³/mol. The summed E-state index contributed by atoms with van der Waals surface area (Å²) in [5, 5.41) is 2.57. The Bertz CT molecular complexity index is 1320. The van der Waals surface area contributed by atoms with Crippen molar-refractivity contribution in [1.29, 1.82) is 0 Å². The Morgan fingerprint density at radius 2 is 1.53 bits per heavy atom. The molecule has 1 N–H and O–H groups in total. The minimum absolute atomic E-state index is 0.0371. The molecule has 9 nitrogen and oxygen atoms in total. The number of carbonyl (C=O) groups is 3. The smallest absolute Gasteiger partial charge is 0.408 e. The summed E-state index contributed by atoms with van der Waals surface area (Å²) < 4.78 is 37.7. The molecule has 0 aromatic heterocycles. The molecule has 0 saturated heterocycles. The lowest BCUT2D eigenvalue weighted by Gasteiger charge is -2.30. The number of benzene rings is 2. The molecule has 0 bridgehead atoms. The SMILES string of the molecule is CC(C)(C)OC(=O)NC(Cc1ccc(C2=CC(=O)N(C(C)(C)C)S2(=O)=O)cc1)C(=O)OCc1ccccc1. The zero-order valence-electron chi connectivity index (χ0n) is 22.5. The zero-order chi connectivity index (χ0) is 28.3. The molecule has 0 saturated carbocycles. The fourth-order valence-electron chi connectivity index (χ4n) is 3.90. The van der Waals surface area contributed by atoms with Gasteiger partial charge in [0.25, 0.3) is 15.9 Å². The van der Waals surface area contributed by atoms with Gasteiger partial charge in [0.15, 0.2) is 0 Å². The van der Waals surface area contributed by atoms with E-state index in [0.717, 1.165) is 15.9 Å². The van der Waals surface area contributed by atoms with Crippen molar-refractivity contribution in [2.24, 2.45) is 0 Å². The molecule has 2 aromatic rings. The van der Waals surface area contributed by atoms with E-state index in [0.29, 0.717) is 11.1 Å². The lowest BCUT2D eigenvalue weighted by molar-refractivity contribution is -0.147. The van der Waals surface area contributed by atoms with E-state index in [1.807, 2.05) is 30.3 Å². The van der Waals surface area contributed by atoms with E-state index in [1.165, 1.54) is 0 Å². The maximum atomic E-state index is 13.0. The quantitative estimate of drug-likeness (QED) is 0.522. The molecule has 10 heteroatoms. The van der Waals surface area contributed by atoms with Gasteiger partial charge in [-0.3, -0.25) is 4.79 Å². The minimum atomic E-state index is -4.01. The number of esters is 1. The summed E-state index contributed by atoms with van der Waals surface area (Å²) in [6, 6.07) is 14.5. The average molecular weight is 543 g/mol. The monoisotopic (exact) mass is 542 g/mol. The highest BCUT2D eigenvalue weighted by Gasteiger charge is 2.44. The molecule has 1 atom stereocenters. The number of nitrogens with zero attached hydrogens (tertiary/aromatic N) is 1. The van der Waals surface area contributed by atoms with Crippen LogP contribution in [0.15, 0.2) is 60.7 Å². The van der Waals surface area contributed by atoms with Gasteiger partial charge >= 0.3 is 12.1 Å². The van der Waals surface area contributed by atoms with Crippen molar-refractivity contribution < 1.29 is 32.3 Å². The minimum Gasteiger partial charge on any atom is -0.459 e. The zero-order valence-corrected chi connectivity index (χ0v) is 23.3. The van der Waals surface area contributed by atoms with E-state index in [-0.39, 0.29) is 17.9 Å². The van der Waals surface area contributed by atoms with Gasteiger partial charge in [-0.1, -0.05) is 54.6 Å². The first-order chi connectivity index (χ1) is 17.6. The molecule has 2 amide bonds. The van der Waals surface area contributed by atoms with Gasteiger partial charge < -0.3 is 14.8 Å². The standard InChI is InChI=1S/C28H34N2O7S/c1-27(2,3)30-24(31)17-23(38(30,34)35)21-14-12-19(13-15-21)16-22(29-26(33)37-28(4,5)6)25(32)36-18-20-10-8-7-9-11-20/h7-15,17,22H,16,18H2,1-6H3,(H,29,33). The van der Waals surface area contributed by atoms with Crippen molar-refractivity contribution >= 4 is 32.9 Å². The average Bonchev–Trinajstić information content (AvgIpc) is 3.05. The second kappa shape index (κ2) is 11.0. The normalized spacial score (nSPS) is 16.0. The van der Waals surface area contributed by atoms with Crippen LogP contribution in [0, 0.1) is 0 Å². The number of carbonyl (C=O) groups excluding carboxylic acids is 3. The van der Waals surface area contributed by atoms with Crippen LogP contribution < -0.4 is 5.32 Å². The number of nitrogens with one attached hydrogen (secondary N) is 1. The van der Waals surface area contributed by atoms with Crippen LogP contribution in [0.3, 0.4) is 0 Å². The molecule has 3 rings (SSSR count). The van der Waals surface area contributed by atoms with Crippen LogP contribution in [0.4, 0.5) is 4.79 Å². The fraction of sp³-hybridized carbons (Fsp3) is 0.393. The molecular formula is C28H34N2O7S. The Balaban J connectivity index is 1.78. The second-order valence-corrected chi connectivity index (χ2v) is 12.7. The van der Waals surface area contributed by atoms with Crippen LogP contribution in [0.5, 0.6) is 0 Å². The van der Waals surface area contributed by atoms with Crippen molar-refractivity contribution in [3.63, 3.8) is 0 Å². The van der Waals surface area contributed by atoms with Crippen LogP contribution >= 0.6 is 0 Å². The van der Waals surface area contributed by atoms with E-state index in [4.69, 9.17) is 9.47 Å². The first-order valence-electron chi connectivity index (χ1n) is 12.2. The van der Waals surface area contributed by atoms with Gasteiger partial charge in [0, 0.05) is 12.5 Å². The van der Waals surface area contributed by atoms with Gasteiger partial charge in [-0.2, -0.15) is 0 Å². The Labute approximate surface area is 223 Å². The van der Waals surface area contributed by atoms with Crippen molar-refractivity contribution in [3.8, 4) is 0 Å². The predicted octanol–water partition coefficient (Wildman–Crippen LogP) is 4.18. The van der Waals surface area contributed by atoms with Gasteiger partial charge in [0.05, 0.1) is 5.54 Å². The van der Waals surface area contributed by atoms with Gasteiger partial charge in [-0.05, 0) is 58.2 Å². The molecule has 0 aliphatic carbocycles. The molecule has 1 aliphatic heterocycles. The number of sulfonamides is 1. The van der Waals surface area contributed by atoms with Crippen molar-refractivity contribution in [2.45, 2.75) is 71.8 Å². The third kappa shape index (κ3) is 7.22. The third-order valence-corrected chi connectivity index (χ3v) is 7.58. The second-order valence-electron chi connectivity index (χ2n) is 11.0. The number of rotatable bonds is 7. The summed E-state index contributed by atoms with van der Waals surface area (Å²) >= 11 is 0. The maximum Gasteiger partial charge on any atom is 0.408 e. The fourth-order valence-corrected chi connectivity index (χ4v) is 5.79. The number of ether oxygens (including phenoxy) is 2. The maximum absolute atomic E-state index is 13.0. The Morgan fingerprint density at radius 3 is 2.05 bits per heavy atom. The molecule has 1 heterocycles. The van der Waals surface area contributed by atoms with Gasteiger partial charge in [-0.15, -0.1) is 0 Å². The van der Waals surface area contributed by atoms with Gasteiger partial charge in [0.2, 0.25) is 0 Å². The Hall–Kier alpha value is -3.66. The highest BCUT2D eigenvalue weighted by atomic mass is 32.2. The Kier molecular flexibility index (Phi) is 8.36. The molecule has 2 aromatic carbocycles. The van der Waals surface area contributed by atoms with Crippen LogP contribution in [-0.2, 0) is 42.1 Å². The van der Waals surface area contributed by atoms with E-state index in [2.05, 4.69) is 5.32 Å². The van der Waals surface area contributed by atoms with E-state index >= 15 is 0 Å². The van der Waals surface area contributed by atoms with Crippen molar-refractivity contribution in [3.05, 3.63) is 77.4 Å². The molecular weight excluding hydrogens is 508 g/mol. The first kappa shape index (κ1) is 28.9. The van der Waals surface area contributed by atoms with Crippen molar-refractivity contribution in [2.75, 3.05) is 0 Å². The summed E-state index contributed by atoms with van der Waals surface area (Å²) in [7, 11) is -4.01. The van der Waals surface area contributed by atoms with E-state index in [9.17, 15) is 22.8 Å². The molecule has 38 heavy (non-hydrogen) atoms. The summed E-state index contributed by atoms with van der Waals surface area (Å²) in [4.78, 5) is 37.7. The summed E-state index contributed by atoms with van der Waals surface area (Å²) in [6.07, 6.45) is 0.425. The Morgan fingerprint density at radius 1 is 0.921 bits per heavy atom. The van der Waals surface area contributed by atoms with Crippen LogP contribution in [-0.4, -0.2) is 47.9 Å². The molecule has 1 unspecified atom stereocenters. The molecule has 1 aliphatic rings. The molecule has 0 fully saturated rings. The van der Waals surface area contributed by atoms with Crippen LogP contribution in [0.2, 0.25) is 0 Å². The lowest BCUT2D eigenvalue weighted by atomic mass is 10.0. The highest BCUT2D eigenvalue weighted by Crippen LogP contribution is 2.35. The molecule has 0 spiro atoms. The summed E-state index contributed by atoms with van der Waals surface area (Å²) in [5.74, 6) is -1.24.